The predicted molar refractivity (Wildman–Crippen MR) is 60.5 cm³/mol. The van der Waals surface area contributed by atoms with Crippen molar-refractivity contribution in [1.82, 2.24) is 0 Å². The number of hydrogen-bond donors (Lipinski definition) is 1. The zero-order chi connectivity index (χ0) is 14.8. The number of alkyl halides is 4. The van der Waals surface area contributed by atoms with Gasteiger partial charge in [0.1, 0.15) is 0 Å². The second-order valence-corrected chi connectivity index (χ2v) is 5.44. The molecule has 1 N–H and O–H groups in total. The number of hydrogen-bond acceptors (Lipinski definition) is 3. The Kier molecular flexibility index (Phi) is 2.69. The third-order valence-electron chi connectivity index (χ3n) is 3.27. The second-order valence-electron chi connectivity index (χ2n) is 5.03. The molecular weight excluding hydrogens is 304 g/mol. The van der Waals surface area contributed by atoms with Crippen LogP contribution in [0, 0.1) is 0 Å². The molecular formula is C12H9ClF4O3. The summed E-state index contributed by atoms with van der Waals surface area (Å²) in [5.41, 5.74) is -0.560. The lowest BCUT2D eigenvalue weighted by Gasteiger charge is -2.32. The van der Waals surface area contributed by atoms with Crippen molar-refractivity contribution in [2.24, 2.45) is 0 Å². The standard InChI is InChI=1S/C12H9ClF4O3/c13-7-4-9-8(3-6(7)5-10(18)1-2-10)19-11(14,15)12(16,17)20-9/h3-4,18H,1-2,5H2. The molecule has 1 heterocycles. The van der Waals surface area contributed by atoms with E-state index in [1.807, 2.05) is 0 Å². The Morgan fingerprint density at radius 2 is 1.55 bits per heavy atom. The molecule has 0 bridgehead atoms. The third kappa shape index (κ3) is 2.18. The topological polar surface area (TPSA) is 38.7 Å². The van der Waals surface area contributed by atoms with E-state index in [9.17, 15) is 22.7 Å². The highest BCUT2D eigenvalue weighted by molar-refractivity contribution is 6.31. The number of fused-ring (bicyclic) bond motifs is 1. The third-order valence-corrected chi connectivity index (χ3v) is 3.63. The van der Waals surface area contributed by atoms with Crippen LogP contribution in [0.5, 0.6) is 11.5 Å². The Hall–Kier alpha value is -1.21. The summed E-state index contributed by atoms with van der Waals surface area (Å²) in [4.78, 5) is 0. The molecule has 1 fully saturated rings. The van der Waals surface area contributed by atoms with Gasteiger partial charge in [-0.3, -0.25) is 0 Å². The molecule has 8 heteroatoms. The van der Waals surface area contributed by atoms with Crippen LogP contribution in [0.3, 0.4) is 0 Å². The number of halogens is 5. The summed E-state index contributed by atoms with van der Waals surface area (Å²) in [6.45, 7) is 0. The highest BCUT2D eigenvalue weighted by Crippen LogP contribution is 2.49. The molecule has 0 atom stereocenters. The minimum Gasteiger partial charge on any atom is -0.421 e. The normalized spacial score (nSPS) is 24.3. The van der Waals surface area contributed by atoms with Gasteiger partial charge < -0.3 is 14.6 Å². The first-order valence-corrected chi connectivity index (χ1v) is 6.18. The molecule has 0 aromatic heterocycles. The average molecular weight is 313 g/mol. The summed E-state index contributed by atoms with van der Waals surface area (Å²) < 4.78 is 60.1. The van der Waals surface area contributed by atoms with Crippen LogP contribution >= 0.6 is 11.6 Å². The fourth-order valence-electron chi connectivity index (χ4n) is 1.94. The smallest absolute Gasteiger partial charge is 0.421 e. The molecule has 1 aliphatic heterocycles. The molecule has 0 radical (unpaired) electrons. The average Bonchev–Trinajstić information content (AvgIpc) is 3.00. The second kappa shape index (κ2) is 3.92. The monoisotopic (exact) mass is 312 g/mol. The van der Waals surface area contributed by atoms with Crippen LogP contribution in [0.1, 0.15) is 18.4 Å². The van der Waals surface area contributed by atoms with Crippen molar-refractivity contribution >= 4 is 11.6 Å². The van der Waals surface area contributed by atoms with E-state index >= 15 is 0 Å². The summed E-state index contributed by atoms with van der Waals surface area (Å²) in [6, 6.07) is 2.08. The van der Waals surface area contributed by atoms with Crippen LogP contribution in [-0.2, 0) is 6.42 Å². The van der Waals surface area contributed by atoms with Crippen molar-refractivity contribution in [3.8, 4) is 11.5 Å². The summed E-state index contributed by atoms with van der Waals surface area (Å²) in [6.07, 6.45) is -8.23. The van der Waals surface area contributed by atoms with Crippen molar-refractivity contribution in [3.63, 3.8) is 0 Å². The molecule has 20 heavy (non-hydrogen) atoms. The van der Waals surface area contributed by atoms with Gasteiger partial charge in [0.15, 0.2) is 11.5 Å². The first kappa shape index (κ1) is 13.8. The van der Waals surface area contributed by atoms with Crippen LogP contribution in [0.4, 0.5) is 17.6 Å². The first-order chi connectivity index (χ1) is 9.12. The van der Waals surface area contributed by atoms with Gasteiger partial charge in [-0.25, -0.2) is 0 Å². The summed E-state index contributed by atoms with van der Waals surface area (Å²) >= 11 is 5.88. The van der Waals surface area contributed by atoms with Crippen molar-refractivity contribution in [2.75, 3.05) is 0 Å². The van der Waals surface area contributed by atoms with Crippen LogP contribution in [0.25, 0.3) is 0 Å². The van der Waals surface area contributed by atoms with Crippen molar-refractivity contribution in [3.05, 3.63) is 22.7 Å². The Balaban J connectivity index is 1.97. The predicted octanol–water partition coefficient (Wildman–Crippen LogP) is 3.36. The number of aliphatic hydroxyl groups is 1. The van der Waals surface area contributed by atoms with Crippen molar-refractivity contribution < 1.29 is 32.1 Å². The van der Waals surface area contributed by atoms with E-state index < -0.39 is 29.3 Å². The maximum absolute atomic E-state index is 13.1. The Morgan fingerprint density at radius 1 is 1.05 bits per heavy atom. The maximum atomic E-state index is 13.1. The zero-order valence-corrected chi connectivity index (χ0v) is 10.7. The van der Waals surface area contributed by atoms with E-state index in [2.05, 4.69) is 9.47 Å². The Bertz CT molecular complexity index is 572. The van der Waals surface area contributed by atoms with E-state index in [1.165, 1.54) is 0 Å². The lowest BCUT2D eigenvalue weighted by molar-refractivity contribution is -0.391. The fraction of sp³-hybridized carbons (Fsp3) is 0.500. The minimum atomic E-state index is -4.76. The van der Waals surface area contributed by atoms with Gasteiger partial charge in [-0.15, -0.1) is 0 Å². The van der Waals surface area contributed by atoms with E-state index in [4.69, 9.17) is 11.6 Å². The first-order valence-electron chi connectivity index (χ1n) is 5.80. The number of ether oxygens (including phenoxy) is 2. The van der Waals surface area contributed by atoms with E-state index in [-0.39, 0.29) is 11.4 Å². The molecule has 1 aromatic carbocycles. The minimum absolute atomic E-state index is 0.0497. The molecule has 0 saturated heterocycles. The van der Waals surface area contributed by atoms with Gasteiger partial charge in [0, 0.05) is 17.5 Å². The van der Waals surface area contributed by atoms with Gasteiger partial charge in [-0.2, -0.15) is 17.6 Å². The van der Waals surface area contributed by atoms with Gasteiger partial charge >= 0.3 is 12.2 Å². The van der Waals surface area contributed by atoms with Gasteiger partial charge in [-0.05, 0) is 24.5 Å². The number of rotatable bonds is 2. The quantitative estimate of drug-likeness (QED) is 0.851. The molecule has 3 nitrogen and oxygen atoms in total. The Morgan fingerprint density at radius 3 is 2.05 bits per heavy atom. The lowest BCUT2D eigenvalue weighted by atomic mass is 10.1. The molecule has 3 rings (SSSR count). The molecule has 1 aromatic rings. The van der Waals surface area contributed by atoms with Crippen LogP contribution in [0.15, 0.2) is 12.1 Å². The summed E-state index contributed by atoms with van der Waals surface area (Å²) in [7, 11) is 0. The molecule has 0 amide bonds. The van der Waals surface area contributed by atoms with Gasteiger partial charge in [0.05, 0.1) is 5.60 Å². The maximum Gasteiger partial charge on any atom is 0.507 e. The van der Waals surface area contributed by atoms with Gasteiger partial charge in [0.2, 0.25) is 0 Å². The highest BCUT2D eigenvalue weighted by Gasteiger charge is 2.66. The Labute approximate surface area is 116 Å². The van der Waals surface area contributed by atoms with Crippen LogP contribution in [0.2, 0.25) is 5.02 Å². The van der Waals surface area contributed by atoms with Crippen LogP contribution < -0.4 is 9.47 Å². The summed E-state index contributed by atoms with van der Waals surface area (Å²) in [5, 5.41) is 9.85. The van der Waals surface area contributed by atoms with Crippen LogP contribution in [-0.4, -0.2) is 22.9 Å². The van der Waals surface area contributed by atoms with E-state index in [0.717, 1.165) is 12.1 Å². The fourth-order valence-corrected chi connectivity index (χ4v) is 2.16. The highest BCUT2D eigenvalue weighted by atomic mass is 35.5. The number of benzene rings is 1. The van der Waals surface area contributed by atoms with Crippen molar-refractivity contribution in [2.45, 2.75) is 37.1 Å². The largest absolute Gasteiger partial charge is 0.507 e. The molecule has 2 aliphatic rings. The van der Waals surface area contributed by atoms with E-state index in [0.29, 0.717) is 18.4 Å². The molecule has 0 spiro atoms. The lowest BCUT2D eigenvalue weighted by Crippen LogP contribution is -2.52. The SMILES string of the molecule is OC1(Cc2cc3c(cc2Cl)OC(F)(F)C(F)(F)O3)CC1. The van der Waals surface area contributed by atoms with Gasteiger partial charge in [-0.1, -0.05) is 11.6 Å². The zero-order valence-electron chi connectivity index (χ0n) is 9.93. The molecule has 0 unspecified atom stereocenters. The van der Waals surface area contributed by atoms with Gasteiger partial charge in [0.25, 0.3) is 0 Å². The molecule has 1 saturated carbocycles. The van der Waals surface area contributed by atoms with Crippen molar-refractivity contribution in [1.29, 1.82) is 0 Å². The van der Waals surface area contributed by atoms with E-state index in [1.54, 1.807) is 0 Å². The summed E-state index contributed by atoms with van der Waals surface area (Å²) in [5.74, 6) is -1.08. The molecule has 110 valence electrons. The molecule has 1 aliphatic carbocycles.